The molecule has 1 aliphatic carbocycles. The molecule has 0 radical (unpaired) electrons. The third-order valence-electron chi connectivity index (χ3n) is 5.42. The van der Waals surface area contributed by atoms with Crippen LogP contribution in [0.1, 0.15) is 30.7 Å². The molecule has 1 saturated carbocycles. The lowest BCUT2D eigenvalue weighted by Crippen LogP contribution is -2.66. The summed E-state index contributed by atoms with van der Waals surface area (Å²) in [6, 6.07) is 7.54. The summed E-state index contributed by atoms with van der Waals surface area (Å²) in [5.41, 5.74) is 0.219. The van der Waals surface area contributed by atoms with E-state index < -0.39 is 17.6 Å². The molecule has 3 aliphatic rings. The van der Waals surface area contributed by atoms with E-state index in [0.29, 0.717) is 0 Å². The number of fused-ring (bicyclic) bond motifs is 2. The number of hydrogen-bond donors (Lipinski definition) is 1. The van der Waals surface area contributed by atoms with Crippen molar-refractivity contribution in [1.82, 2.24) is 4.90 Å². The van der Waals surface area contributed by atoms with Crippen molar-refractivity contribution < 1.29 is 19.4 Å². The van der Waals surface area contributed by atoms with Crippen LogP contribution in [-0.2, 0) is 9.59 Å². The summed E-state index contributed by atoms with van der Waals surface area (Å²) in [4.78, 5) is 25.9. The quantitative estimate of drug-likeness (QED) is 0.800. The molecule has 2 aliphatic heterocycles. The number of aliphatic carboxylic acids is 1. The van der Waals surface area contributed by atoms with Crippen LogP contribution in [0.15, 0.2) is 24.3 Å². The average Bonchev–Trinajstić information content (AvgIpc) is 2.89. The minimum atomic E-state index is -1.03. The van der Waals surface area contributed by atoms with E-state index >= 15 is 0 Å². The van der Waals surface area contributed by atoms with Gasteiger partial charge < -0.3 is 14.7 Å². The fourth-order valence-corrected chi connectivity index (χ4v) is 4.53. The molecule has 1 aromatic carbocycles. The average molecular weight is 287 g/mol. The van der Waals surface area contributed by atoms with Gasteiger partial charge in [-0.05, 0) is 24.5 Å². The molecule has 1 aromatic rings. The van der Waals surface area contributed by atoms with E-state index in [2.05, 4.69) is 0 Å². The maximum Gasteiger partial charge on any atom is 0.316 e. The van der Waals surface area contributed by atoms with Crippen LogP contribution < -0.4 is 4.74 Å². The van der Waals surface area contributed by atoms with Gasteiger partial charge in [0.1, 0.15) is 11.7 Å². The minimum absolute atomic E-state index is 0.0659. The second-order valence-corrected chi connectivity index (χ2v) is 6.22. The first-order valence-electron chi connectivity index (χ1n) is 7.35. The molecule has 4 rings (SSSR count). The van der Waals surface area contributed by atoms with E-state index in [9.17, 15) is 14.7 Å². The monoisotopic (exact) mass is 287 g/mol. The van der Waals surface area contributed by atoms with Gasteiger partial charge in [0, 0.05) is 25.3 Å². The van der Waals surface area contributed by atoms with Crippen molar-refractivity contribution >= 4 is 11.9 Å². The number of carboxylic acids is 1. The second kappa shape index (κ2) is 4.00. The molecule has 1 N–H and O–H groups in total. The minimum Gasteiger partial charge on any atom is -0.481 e. The summed E-state index contributed by atoms with van der Waals surface area (Å²) in [6.45, 7) is 0. The van der Waals surface area contributed by atoms with Gasteiger partial charge in [-0.2, -0.15) is 0 Å². The number of carboxylic acid groups (broad SMARTS) is 1. The van der Waals surface area contributed by atoms with Crippen molar-refractivity contribution in [2.75, 3.05) is 7.05 Å². The van der Waals surface area contributed by atoms with E-state index in [1.807, 2.05) is 24.3 Å². The van der Waals surface area contributed by atoms with Crippen LogP contribution >= 0.6 is 0 Å². The van der Waals surface area contributed by atoms with Crippen LogP contribution in [-0.4, -0.2) is 34.7 Å². The molecule has 5 heteroatoms. The lowest BCUT2D eigenvalue weighted by atomic mass is 9.67. The smallest absolute Gasteiger partial charge is 0.316 e. The van der Waals surface area contributed by atoms with Crippen LogP contribution in [0.25, 0.3) is 0 Å². The van der Waals surface area contributed by atoms with Crippen molar-refractivity contribution in [1.29, 1.82) is 0 Å². The summed E-state index contributed by atoms with van der Waals surface area (Å²) in [6.07, 6.45) is 2.64. The first kappa shape index (κ1) is 12.7. The third-order valence-corrected chi connectivity index (χ3v) is 5.42. The fraction of sp³-hybridized carbons (Fsp3) is 0.500. The molecule has 4 atom stereocenters. The van der Waals surface area contributed by atoms with E-state index in [0.717, 1.165) is 30.6 Å². The van der Waals surface area contributed by atoms with E-state index in [1.165, 1.54) is 0 Å². The first-order chi connectivity index (χ1) is 10.1. The molecule has 2 heterocycles. The third kappa shape index (κ3) is 1.41. The number of likely N-dealkylation sites (tertiary alicyclic amines) is 1. The van der Waals surface area contributed by atoms with E-state index in [4.69, 9.17) is 4.74 Å². The number of benzene rings is 1. The second-order valence-electron chi connectivity index (χ2n) is 6.22. The van der Waals surface area contributed by atoms with Crippen molar-refractivity contribution in [3.63, 3.8) is 0 Å². The number of amides is 1. The highest BCUT2D eigenvalue weighted by atomic mass is 16.5. The normalized spacial score (nSPS) is 36.7. The lowest BCUT2D eigenvalue weighted by molar-refractivity contribution is -0.189. The Hall–Kier alpha value is -2.04. The molecule has 0 aromatic heterocycles. The highest BCUT2D eigenvalue weighted by Gasteiger charge is 2.64. The van der Waals surface area contributed by atoms with Crippen molar-refractivity contribution in [3.05, 3.63) is 29.8 Å². The Kier molecular flexibility index (Phi) is 2.41. The molecule has 1 unspecified atom stereocenters. The van der Waals surface area contributed by atoms with Crippen LogP contribution in [0.3, 0.4) is 0 Å². The summed E-state index contributed by atoms with van der Waals surface area (Å²) >= 11 is 0. The highest BCUT2D eigenvalue weighted by Crippen LogP contribution is 2.59. The summed E-state index contributed by atoms with van der Waals surface area (Å²) in [5.74, 6) is -1.86. The number of carbonyl (C=O) groups is 2. The van der Waals surface area contributed by atoms with Crippen LogP contribution in [0.2, 0.25) is 0 Å². The molecule has 21 heavy (non-hydrogen) atoms. The largest absolute Gasteiger partial charge is 0.481 e. The zero-order valence-corrected chi connectivity index (χ0v) is 11.8. The first-order valence-corrected chi connectivity index (χ1v) is 7.35. The van der Waals surface area contributed by atoms with Gasteiger partial charge in [-0.15, -0.1) is 0 Å². The number of carbonyl (C=O) groups excluding carboxylic acids is 1. The maximum absolute atomic E-state index is 12.6. The zero-order chi connectivity index (χ0) is 14.8. The fourth-order valence-electron chi connectivity index (χ4n) is 4.53. The Bertz CT molecular complexity index is 643. The van der Waals surface area contributed by atoms with Gasteiger partial charge >= 0.3 is 5.97 Å². The van der Waals surface area contributed by atoms with Crippen LogP contribution in [0.4, 0.5) is 0 Å². The number of rotatable bonds is 1. The number of ether oxygens (including phenoxy) is 1. The van der Waals surface area contributed by atoms with Crippen molar-refractivity contribution in [2.45, 2.75) is 30.9 Å². The molecule has 2 fully saturated rings. The van der Waals surface area contributed by atoms with Gasteiger partial charge in [0.05, 0.1) is 0 Å². The summed E-state index contributed by atoms with van der Waals surface area (Å²) in [7, 11) is 1.68. The highest BCUT2D eigenvalue weighted by molar-refractivity contribution is 5.99. The Morgan fingerprint density at radius 1 is 1.43 bits per heavy atom. The Morgan fingerprint density at radius 2 is 2.19 bits per heavy atom. The molecule has 5 nitrogen and oxygen atoms in total. The predicted molar refractivity (Wildman–Crippen MR) is 73.8 cm³/mol. The van der Waals surface area contributed by atoms with Gasteiger partial charge in [-0.25, -0.2) is 0 Å². The molecular weight excluding hydrogens is 270 g/mol. The number of hydrogen-bond acceptors (Lipinski definition) is 3. The summed E-state index contributed by atoms with van der Waals surface area (Å²) < 4.78 is 6.24. The summed E-state index contributed by atoms with van der Waals surface area (Å²) in [5, 5.41) is 9.59. The van der Waals surface area contributed by atoms with Gasteiger partial charge in [0.2, 0.25) is 5.91 Å². The van der Waals surface area contributed by atoms with Crippen LogP contribution in [0, 0.1) is 11.8 Å². The molecule has 0 spiro atoms. The Morgan fingerprint density at radius 3 is 2.95 bits per heavy atom. The lowest BCUT2D eigenvalue weighted by Gasteiger charge is -2.55. The number of para-hydroxylation sites is 1. The van der Waals surface area contributed by atoms with Crippen LogP contribution in [0.5, 0.6) is 5.75 Å². The molecule has 110 valence electrons. The molecule has 1 amide bonds. The van der Waals surface area contributed by atoms with Crippen molar-refractivity contribution in [2.24, 2.45) is 11.8 Å². The predicted octanol–water partition coefficient (Wildman–Crippen LogP) is 1.83. The van der Waals surface area contributed by atoms with E-state index in [1.54, 1.807) is 11.9 Å². The van der Waals surface area contributed by atoms with Gasteiger partial charge in [0.15, 0.2) is 5.72 Å². The number of nitrogens with zero attached hydrogens (tertiary/aromatic N) is 1. The van der Waals surface area contributed by atoms with Gasteiger partial charge in [-0.3, -0.25) is 9.59 Å². The van der Waals surface area contributed by atoms with Gasteiger partial charge in [-0.1, -0.05) is 18.2 Å². The van der Waals surface area contributed by atoms with E-state index in [-0.39, 0.29) is 17.7 Å². The zero-order valence-electron chi connectivity index (χ0n) is 11.8. The Labute approximate surface area is 122 Å². The molecule has 2 bridgehead atoms. The standard InChI is InChI=1S/C16H17NO4/c1-17-14(18)13(15(19)20)12-9-5-2-3-7-11(9)21-16(17)8-4-6-10(12)16/h2-3,5,7,10,12-13H,4,6,8H2,1H3,(H,19,20)/t10-,12-,13?,16+/m1/s1. The Balaban J connectivity index is 1.97. The van der Waals surface area contributed by atoms with Gasteiger partial charge in [0.25, 0.3) is 0 Å². The topological polar surface area (TPSA) is 66.8 Å². The van der Waals surface area contributed by atoms with Crippen molar-refractivity contribution in [3.8, 4) is 5.75 Å². The maximum atomic E-state index is 12.6. The number of piperidine rings is 1. The SMILES string of the molecule is CN1C(=O)C(C(=O)O)[C@@H]2c3ccccc3O[C@]13CCC[C@H]23. The molecule has 1 saturated heterocycles. The molecular formula is C16H17NO4.